The molecule has 3 heteroatoms. The molecule has 0 radical (unpaired) electrons. The van der Waals surface area contributed by atoms with E-state index in [0.29, 0.717) is 5.92 Å². The number of carbonyl (C=O) groups excluding carboxylic acids is 1. The molecule has 106 valence electrons. The molecule has 1 rings (SSSR count). The van der Waals surface area contributed by atoms with Crippen LogP contribution in [0.1, 0.15) is 65.2 Å². The summed E-state index contributed by atoms with van der Waals surface area (Å²) in [5, 5.41) is 3.03. The first kappa shape index (κ1) is 15.5. The lowest BCUT2D eigenvalue weighted by molar-refractivity contribution is -0.122. The Labute approximate surface area is 112 Å². The summed E-state index contributed by atoms with van der Waals surface area (Å²) < 4.78 is 0. The van der Waals surface area contributed by atoms with E-state index in [-0.39, 0.29) is 11.9 Å². The topological polar surface area (TPSA) is 55.1 Å². The van der Waals surface area contributed by atoms with Crippen LogP contribution in [0, 0.1) is 11.8 Å². The molecule has 1 atom stereocenters. The fourth-order valence-electron chi connectivity index (χ4n) is 2.78. The summed E-state index contributed by atoms with van der Waals surface area (Å²) in [4.78, 5) is 11.8. The normalized spacial score (nSPS) is 25.7. The van der Waals surface area contributed by atoms with Gasteiger partial charge >= 0.3 is 0 Å². The minimum atomic E-state index is -0.308. The Bertz CT molecular complexity index is 235. The van der Waals surface area contributed by atoms with Crippen LogP contribution in [-0.4, -0.2) is 18.5 Å². The van der Waals surface area contributed by atoms with Gasteiger partial charge in [0.1, 0.15) is 0 Å². The van der Waals surface area contributed by atoms with Crippen molar-refractivity contribution in [1.82, 2.24) is 5.32 Å². The lowest BCUT2D eigenvalue weighted by Crippen LogP contribution is -2.42. The number of hydrogen-bond acceptors (Lipinski definition) is 2. The van der Waals surface area contributed by atoms with Crippen molar-refractivity contribution >= 4 is 5.91 Å². The number of nitrogens with two attached hydrogens (primary N) is 1. The van der Waals surface area contributed by atoms with Crippen molar-refractivity contribution in [3.8, 4) is 0 Å². The Kier molecular flexibility index (Phi) is 7.33. The van der Waals surface area contributed by atoms with E-state index in [2.05, 4.69) is 19.2 Å². The largest absolute Gasteiger partial charge is 0.354 e. The molecule has 1 aliphatic carbocycles. The van der Waals surface area contributed by atoms with Crippen LogP contribution < -0.4 is 11.1 Å². The first-order valence-corrected chi connectivity index (χ1v) is 7.70. The molecule has 0 bridgehead atoms. The molecule has 0 aromatic heterocycles. The molecule has 0 aliphatic heterocycles. The van der Waals surface area contributed by atoms with Gasteiger partial charge in [-0.05, 0) is 31.1 Å². The summed E-state index contributed by atoms with van der Waals surface area (Å²) >= 11 is 0. The van der Waals surface area contributed by atoms with Crippen LogP contribution in [0.5, 0.6) is 0 Å². The van der Waals surface area contributed by atoms with Gasteiger partial charge in [-0.15, -0.1) is 0 Å². The molecule has 3 N–H and O–H groups in total. The summed E-state index contributed by atoms with van der Waals surface area (Å²) in [5.41, 5.74) is 5.85. The molecule has 0 spiro atoms. The highest BCUT2D eigenvalue weighted by Crippen LogP contribution is 2.30. The summed E-state index contributed by atoms with van der Waals surface area (Å²) in [7, 11) is 0. The van der Waals surface area contributed by atoms with Crippen LogP contribution in [0.2, 0.25) is 0 Å². The van der Waals surface area contributed by atoms with E-state index < -0.39 is 0 Å². The van der Waals surface area contributed by atoms with Crippen molar-refractivity contribution in [3.63, 3.8) is 0 Å². The van der Waals surface area contributed by atoms with Crippen LogP contribution in [0.3, 0.4) is 0 Å². The second-order valence-electron chi connectivity index (χ2n) is 5.79. The van der Waals surface area contributed by atoms with E-state index in [4.69, 9.17) is 5.73 Å². The van der Waals surface area contributed by atoms with Gasteiger partial charge in [0.05, 0.1) is 6.04 Å². The highest BCUT2D eigenvalue weighted by Gasteiger charge is 2.21. The number of unbranched alkanes of at least 4 members (excludes halogenated alkanes) is 1. The molecule has 0 unspecified atom stereocenters. The second kappa shape index (κ2) is 8.52. The molecule has 1 fully saturated rings. The average molecular weight is 254 g/mol. The number of nitrogens with one attached hydrogen (secondary N) is 1. The molecule has 1 aliphatic rings. The Morgan fingerprint density at radius 1 is 1.22 bits per heavy atom. The zero-order valence-electron chi connectivity index (χ0n) is 12.1. The van der Waals surface area contributed by atoms with Gasteiger partial charge in [0.2, 0.25) is 5.91 Å². The molecular weight excluding hydrogens is 224 g/mol. The maximum absolute atomic E-state index is 11.8. The minimum Gasteiger partial charge on any atom is -0.354 e. The molecule has 3 nitrogen and oxygen atoms in total. The summed E-state index contributed by atoms with van der Waals surface area (Å²) in [5.74, 6) is 1.64. The summed E-state index contributed by atoms with van der Waals surface area (Å²) in [6, 6.07) is -0.308. The van der Waals surface area contributed by atoms with Gasteiger partial charge in [-0.3, -0.25) is 4.79 Å². The molecule has 18 heavy (non-hydrogen) atoms. The van der Waals surface area contributed by atoms with E-state index >= 15 is 0 Å². The molecule has 0 aromatic rings. The molecule has 0 saturated heterocycles. The van der Waals surface area contributed by atoms with Gasteiger partial charge in [0.25, 0.3) is 0 Å². The Morgan fingerprint density at radius 2 is 1.83 bits per heavy atom. The predicted molar refractivity (Wildman–Crippen MR) is 76.2 cm³/mol. The van der Waals surface area contributed by atoms with Gasteiger partial charge in [0, 0.05) is 6.54 Å². The van der Waals surface area contributed by atoms with Gasteiger partial charge in [-0.25, -0.2) is 0 Å². The fourth-order valence-corrected chi connectivity index (χ4v) is 2.78. The fraction of sp³-hybridized carbons (Fsp3) is 0.933. The van der Waals surface area contributed by atoms with Gasteiger partial charge in [0.15, 0.2) is 0 Å². The third kappa shape index (κ3) is 5.38. The monoisotopic (exact) mass is 254 g/mol. The lowest BCUT2D eigenvalue weighted by Gasteiger charge is -2.28. The zero-order chi connectivity index (χ0) is 13.4. The Balaban J connectivity index is 2.15. The van der Waals surface area contributed by atoms with E-state index in [1.54, 1.807) is 0 Å². The maximum atomic E-state index is 11.8. The summed E-state index contributed by atoms with van der Waals surface area (Å²) in [6.45, 7) is 5.23. The third-order valence-electron chi connectivity index (χ3n) is 4.31. The average Bonchev–Trinajstić information content (AvgIpc) is 2.42. The lowest BCUT2D eigenvalue weighted by atomic mass is 9.81. The SMILES string of the molecule is CCCC[C@H](N)C(=O)NCC1CCC(CC)CC1. The standard InChI is InChI=1S/C15H30N2O/c1-3-5-6-14(16)15(18)17-11-13-9-7-12(4-2)8-10-13/h12-14H,3-11,16H2,1-2H3,(H,17,18)/t12?,13?,14-/m0/s1. The highest BCUT2D eigenvalue weighted by molar-refractivity contribution is 5.81. The summed E-state index contributed by atoms with van der Waals surface area (Å²) in [6.07, 6.45) is 9.45. The van der Waals surface area contributed by atoms with Crippen LogP contribution in [0.15, 0.2) is 0 Å². The first-order chi connectivity index (χ1) is 8.67. The maximum Gasteiger partial charge on any atom is 0.236 e. The highest BCUT2D eigenvalue weighted by atomic mass is 16.2. The van der Waals surface area contributed by atoms with Crippen LogP contribution >= 0.6 is 0 Å². The van der Waals surface area contributed by atoms with Gasteiger partial charge < -0.3 is 11.1 Å². The predicted octanol–water partition coefficient (Wildman–Crippen LogP) is 2.84. The van der Waals surface area contributed by atoms with Crippen LogP contribution in [0.4, 0.5) is 0 Å². The van der Waals surface area contributed by atoms with Crippen molar-refractivity contribution in [2.45, 2.75) is 71.3 Å². The van der Waals surface area contributed by atoms with Crippen molar-refractivity contribution in [2.75, 3.05) is 6.54 Å². The number of amides is 1. The minimum absolute atomic E-state index is 0.0427. The van der Waals surface area contributed by atoms with Crippen molar-refractivity contribution in [3.05, 3.63) is 0 Å². The smallest absolute Gasteiger partial charge is 0.236 e. The van der Waals surface area contributed by atoms with Crippen molar-refractivity contribution in [1.29, 1.82) is 0 Å². The molecule has 0 aromatic carbocycles. The number of carbonyl (C=O) groups is 1. The zero-order valence-corrected chi connectivity index (χ0v) is 12.1. The Hall–Kier alpha value is -0.570. The Morgan fingerprint density at radius 3 is 2.39 bits per heavy atom. The van der Waals surface area contributed by atoms with Crippen LogP contribution in [-0.2, 0) is 4.79 Å². The molecule has 1 saturated carbocycles. The van der Waals surface area contributed by atoms with E-state index in [1.807, 2.05) is 0 Å². The number of hydrogen-bond donors (Lipinski definition) is 2. The first-order valence-electron chi connectivity index (χ1n) is 7.70. The van der Waals surface area contributed by atoms with E-state index in [9.17, 15) is 4.79 Å². The van der Waals surface area contributed by atoms with E-state index in [1.165, 1.54) is 32.1 Å². The van der Waals surface area contributed by atoms with Crippen molar-refractivity contribution in [2.24, 2.45) is 17.6 Å². The van der Waals surface area contributed by atoms with Gasteiger partial charge in [-0.2, -0.15) is 0 Å². The molecule has 0 heterocycles. The van der Waals surface area contributed by atoms with Crippen LogP contribution in [0.25, 0.3) is 0 Å². The quantitative estimate of drug-likeness (QED) is 0.734. The third-order valence-corrected chi connectivity index (χ3v) is 4.31. The number of rotatable bonds is 7. The van der Waals surface area contributed by atoms with E-state index in [0.717, 1.165) is 31.7 Å². The molecule has 1 amide bonds. The second-order valence-corrected chi connectivity index (χ2v) is 5.79. The van der Waals surface area contributed by atoms with Crippen molar-refractivity contribution < 1.29 is 4.79 Å². The molecular formula is C15H30N2O. The van der Waals surface area contributed by atoms with Gasteiger partial charge in [-0.1, -0.05) is 46.0 Å².